The van der Waals surface area contributed by atoms with Gasteiger partial charge in [0.1, 0.15) is 11.4 Å². The number of amides is 1. The van der Waals surface area contributed by atoms with Gasteiger partial charge in [0, 0.05) is 10.9 Å². The fourth-order valence-corrected chi connectivity index (χ4v) is 3.10. The number of nitrogens with zero attached hydrogens (tertiary/aromatic N) is 2. The van der Waals surface area contributed by atoms with Crippen LogP contribution in [0.25, 0.3) is 10.9 Å². The molecule has 0 unspecified atom stereocenters. The average Bonchev–Trinajstić information content (AvgIpc) is 2.60. The van der Waals surface area contributed by atoms with E-state index in [1.54, 1.807) is 24.3 Å². The molecule has 0 saturated carbocycles. The van der Waals surface area contributed by atoms with E-state index in [4.69, 9.17) is 0 Å². The number of anilines is 1. The summed E-state index contributed by atoms with van der Waals surface area (Å²) in [7, 11) is 0. The molecule has 24 heavy (non-hydrogen) atoms. The number of ketones is 1. The lowest BCUT2D eigenvalue weighted by molar-refractivity contribution is -0.113. The Bertz CT molecular complexity index is 906. The monoisotopic (exact) mass is 337 g/mol. The Kier molecular flexibility index (Phi) is 4.86. The Labute approximate surface area is 143 Å². The number of benzene rings is 2. The van der Waals surface area contributed by atoms with E-state index in [0.29, 0.717) is 11.3 Å². The lowest BCUT2D eigenvalue weighted by Gasteiger charge is -2.09. The molecule has 1 heterocycles. The SMILES string of the molecule is CC(=O)c1ccccc1NC(=O)CSc1ncnc2ccccc12. The third-order valence-corrected chi connectivity index (χ3v) is 4.43. The molecule has 0 saturated heterocycles. The molecule has 0 aliphatic heterocycles. The van der Waals surface area contributed by atoms with Gasteiger partial charge in [-0.05, 0) is 25.1 Å². The summed E-state index contributed by atoms with van der Waals surface area (Å²) >= 11 is 1.34. The van der Waals surface area contributed by atoms with Crippen LogP contribution in [0.3, 0.4) is 0 Å². The molecule has 0 atom stereocenters. The number of rotatable bonds is 5. The lowest BCUT2D eigenvalue weighted by Crippen LogP contribution is -2.16. The van der Waals surface area contributed by atoms with Crippen LogP contribution < -0.4 is 5.32 Å². The highest BCUT2D eigenvalue weighted by Crippen LogP contribution is 2.24. The molecular formula is C18H15N3O2S. The first kappa shape index (κ1) is 16.1. The maximum Gasteiger partial charge on any atom is 0.234 e. The molecule has 1 aromatic heterocycles. The number of hydrogen-bond donors (Lipinski definition) is 1. The zero-order chi connectivity index (χ0) is 16.9. The molecule has 3 aromatic rings. The van der Waals surface area contributed by atoms with Crippen LogP contribution in [0.5, 0.6) is 0 Å². The van der Waals surface area contributed by atoms with Gasteiger partial charge in [-0.3, -0.25) is 9.59 Å². The fourth-order valence-electron chi connectivity index (χ4n) is 2.31. The molecule has 1 N–H and O–H groups in total. The standard InChI is InChI=1S/C18H15N3O2S/c1-12(22)13-6-2-5-9-16(13)21-17(23)10-24-18-14-7-3-4-8-15(14)19-11-20-18/h2-9,11H,10H2,1H3,(H,21,23). The lowest BCUT2D eigenvalue weighted by atomic mass is 10.1. The minimum atomic E-state index is -0.184. The second-order valence-corrected chi connectivity index (χ2v) is 6.10. The second-order valence-electron chi connectivity index (χ2n) is 5.13. The molecule has 0 spiro atoms. The van der Waals surface area contributed by atoms with Crippen molar-refractivity contribution in [1.29, 1.82) is 0 Å². The van der Waals surface area contributed by atoms with Crippen LogP contribution in [0.1, 0.15) is 17.3 Å². The van der Waals surface area contributed by atoms with Crippen LogP contribution in [0.2, 0.25) is 0 Å². The molecule has 0 aliphatic carbocycles. The van der Waals surface area contributed by atoms with E-state index >= 15 is 0 Å². The number of thioether (sulfide) groups is 1. The second kappa shape index (κ2) is 7.23. The third kappa shape index (κ3) is 3.60. The van der Waals surface area contributed by atoms with E-state index < -0.39 is 0 Å². The summed E-state index contributed by atoms with van der Waals surface area (Å²) in [5, 5.41) is 4.46. The summed E-state index contributed by atoms with van der Waals surface area (Å²) < 4.78 is 0. The van der Waals surface area contributed by atoms with Crippen molar-refractivity contribution < 1.29 is 9.59 Å². The molecule has 3 rings (SSSR count). The average molecular weight is 337 g/mol. The Balaban J connectivity index is 1.71. The van der Waals surface area contributed by atoms with E-state index in [9.17, 15) is 9.59 Å². The summed E-state index contributed by atoms with van der Waals surface area (Å²) in [6.07, 6.45) is 1.49. The largest absolute Gasteiger partial charge is 0.325 e. The zero-order valence-electron chi connectivity index (χ0n) is 13.0. The molecule has 0 aliphatic rings. The quantitative estimate of drug-likeness (QED) is 0.438. The van der Waals surface area contributed by atoms with Crippen LogP contribution in [-0.4, -0.2) is 27.4 Å². The summed E-state index contributed by atoms with van der Waals surface area (Å²) in [5.74, 6) is -0.0653. The van der Waals surface area contributed by atoms with Gasteiger partial charge in [-0.25, -0.2) is 9.97 Å². The van der Waals surface area contributed by atoms with Gasteiger partial charge in [-0.2, -0.15) is 0 Å². The first-order chi connectivity index (χ1) is 11.6. The normalized spacial score (nSPS) is 10.5. The van der Waals surface area contributed by atoms with Crippen LogP contribution in [-0.2, 0) is 4.79 Å². The van der Waals surface area contributed by atoms with Crippen molar-refractivity contribution in [1.82, 2.24) is 9.97 Å². The van der Waals surface area contributed by atoms with Crippen molar-refractivity contribution in [3.05, 3.63) is 60.4 Å². The van der Waals surface area contributed by atoms with E-state index in [2.05, 4.69) is 15.3 Å². The van der Waals surface area contributed by atoms with E-state index in [1.807, 2.05) is 24.3 Å². The van der Waals surface area contributed by atoms with Gasteiger partial charge in [0.25, 0.3) is 0 Å². The van der Waals surface area contributed by atoms with Gasteiger partial charge >= 0.3 is 0 Å². The topological polar surface area (TPSA) is 72.0 Å². The number of Topliss-reactive ketones (excluding diaryl/α,β-unsaturated/α-hetero) is 1. The van der Waals surface area contributed by atoms with Gasteiger partial charge < -0.3 is 5.32 Å². The van der Waals surface area contributed by atoms with E-state index in [-0.39, 0.29) is 17.4 Å². The Morgan fingerprint density at radius 2 is 1.79 bits per heavy atom. The highest BCUT2D eigenvalue weighted by atomic mass is 32.2. The summed E-state index contributed by atoms with van der Waals surface area (Å²) in [5.41, 5.74) is 1.88. The summed E-state index contributed by atoms with van der Waals surface area (Å²) in [6.45, 7) is 1.48. The Hall–Kier alpha value is -2.73. The first-order valence-corrected chi connectivity index (χ1v) is 8.36. The third-order valence-electron chi connectivity index (χ3n) is 3.43. The molecule has 6 heteroatoms. The Morgan fingerprint density at radius 3 is 2.62 bits per heavy atom. The fraction of sp³-hybridized carbons (Fsp3) is 0.111. The first-order valence-electron chi connectivity index (χ1n) is 7.37. The van der Waals surface area contributed by atoms with Crippen molar-refractivity contribution in [2.45, 2.75) is 11.9 Å². The van der Waals surface area contributed by atoms with Crippen molar-refractivity contribution >= 4 is 40.0 Å². The molecule has 120 valence electrons. The number of fused-ring (bicyclic) bond motifs is 1. The predicted octanol–water partition coefficient (Wildman–Crippen LogP) is 3.56. The number of carbonyl (C=O) groups is 2. The van der Waals surface area contributed by atoms with Crippen LogP contribution >= 0.6 is 11.8 Å². The molecule has 0 fully saturated rings. The number of aromatic nitrogens is 2. The Morgan fingerprint density at radius 1 is 1.04 bits per heavy atom. The number of carbonyl (C=O) groups excluding carboxylic acids is 2. The maximum absolute atomic E-state index is 12.2. The van der Waals surface area contributed by atoms with Gasteiger partial charge in [0.2, 0.25) is 5.91 Å². The van der Waals surface area contributed by atoms with Crippen molar-refractivity contribution in [2.24, 2.45) is 0 Å². The zero-order valence-corrected chi connectivity index (χ0v) is 13.8. The highest BCUT2D eigenvalue weighted by Gasteiger charge is 2.11. The molecule has 0 bridgehead atoms. The summed E-state index contributed by atoms with van der Waals surface area (Å²) in [6, 6.07) is 14.6. The minimum absolute atomic E-state index is 0.0830. The van der Waals surface area contributed by atoms with Crippen molar-refractivity contribution in [3.8, 4) is 0 Å². The smallest absolute Gasteiger partial charge is 0.234 e. The van der Waals surface area contributed by atoms with Crippen molar-refractivity contribution in [3.63, 3.8) is 0 Å². The molecule has 0 radical (unpaired) electrons. The maximum atomic E-state index is 12.2. The minimum Gasteiger partial charge on any atom is -0.325 e. The van der Waals surface area contributed by atoms with Gasteiger partial charge in [-0.1, -0.05) is 42.1 Å². The van der Waals surface area contributed by atoms with Gasteiger partial charge in [0.05, 0.1) is 17.0 Å². The van der Waals surface area contributed by atoms with Crippen LogP contribution in [0.4, 0.5) is 5.69 Å². The van der Waals surface area contributed by atoms with Crippen LogP contribution in [0, 0.1) is 0 Å². The molecule has 1 amide bonds. The molecule has 5 nitrogen and oxygen atoms in total. The van der Waals surface area contributed by atoms with Crippen LogP contribution in [0.15, 0.2) is 59.9 Å². The number of para-hydroxylation sites is 2. The van der Waals surface area contributed by atoms with Gasteiger partial charge in [0.15, 0.2) is 5.78 Å². The van der Waals surface area contributed by atoms with Crippen molar-refractivity contribution in [2.75, 3.05) is 11.1 Å². The van der Waals surface area contributed by atoms with E-state index in [0.717, 1.165) is 15.9 Å². The number of hydrogen-bond acceptors (Lipinski definition) is 5. The molecule has 2 aromatic carbocycles. The van der Waals surface area contributed by atoms with Gasteiger partial charge in [-0.15, -0.1) is 0 Å². The predicted molar refractivity (Wildman–Crippen MR) is 95.3 cm³/mol. The van der Waals surface area contributed by atoms with E-state index in [1.165, 1.54) is 25.0 Å². The molecular weight excluding hydrogens is 322 g/mol. The summed E-state index contributed by atoms with van der Waals surface area (Å²) in [4.78, 5) is 32.3. The number of nitrogens with one attached hydrogen (secondary N) is 1. The highest BCUT2D eigenvalue weighted by molar-refractivity contribution is 8.00.